The van der Waals surface area contributed by atoms with Gasteiger partial charge in [0.1, 0.15) is 0 Å². The zero-order valence-electron chi connectivity index (χ0n) is 13.0. The monoisotopic (exact) mass is 269 g/mol. The number of nitrogens with zero attached hydrogens (tertiary/aromatic N) is 3. The highest BCUT2D eigenvalue weighted by Gasteiger charge is 2.30. The van der Waals surface area contributed by atoms with Gasteiger partial charge in [-0.2, -0.15) is 0 Å². The molecular formula is C15H31N3O. The first-order valence-corrected chi connectivity index (χ1v) is 7.98. The first-order chi connectivity index (χ1) is 9.26. The van der Waals surface area contributed by atoms with Crippen LogP contribution in [0.1, 0.15) is 26.7 Å². The van der Waals surface area contributed by atoms with E-state index in [0.29, 0.717) is 6.10 Å². The second-order valence-electron chi connectivity index (χ2n) is 5.91. The molecule has 2 aliphatic heterocycles. The molecule has 0 atom stereocenters. The third-order valence-corrected chi connectivity index (χ3v) is 4.87. The fourth-order valence-corrected chi connectivity index (χ4v) is 3.35. The van der Waals surface area contributed by atoms with Crippen molar-refractivity contribution in [2.45, 2.75) is 38.8 Å². The van der Waals surface area contributed by atoms with E-state index in [1.165, 1.54) is 65.2 Å². The van der Waals surface area contributed by atoms with Gasteiger partial charge >= 0.3 is 0 Å². The van der Waals surface area contributed by atoms with Gasteiger partial charge in [0.2, 0.25) is 0 Å². The molecule has 0 unspecified atom stereocenters. The second kappa shape index (κ2) is 7.58. The van der Waals surface area contributed by atoms with Gasteiger partial charge in [-0.3, -0.25) is 9.80 Å². The Morgan fingerprint density at radius 1 is 1.00 bits per heavy atom. The maximum absolute atomic E-state index is 5.42. The van der Waals surface area contributed by atoms with Crippen molar-refractivity contribution >= 4 is 0 Å². The molecular weight excluding hydrogens is 238 g/mol. The van der Waals surface area contributed by atoms with Crippen LogP contribution in [0.4, 0.5) is 0 Å². The fraction of sp³-hybridized carbons (Fsp3) is 1.00. The van der Waals surface area contributed by atoms with E-state index in [9.17, 15) is 0 Å². The Kier molecular flexibility index (Phi) is 6.07. The summed E-state index contributed by atoms with van der Waals surface area (Å²) in [7, 11) is 1.84. The quantitative estimate of drug-likeness (QED) is 0.689. The van der Waals surface area contributed by atoms with Crippen LogP contribution in [-0.4, -0.2) is 86.3 Å². The van der Waals surface area contributed by atoms with Crippen molar-refractivity contribution < 1.29 is 4.74 Å². The van der Waals surface area contributed by atoms with Crippen LogP contribution in [-0.2, 0) is 4.74 Å². The van der Waals surface area contributed by atoms with E-state index < -0.39 is 0 Å². The molecule has 0 aromatic heterocycles. The molecule has 0 saturated carbocycles. The topological polar surface area (TPSA) is 19.0 Å². The highest BCUT2D eigenvalue weighted by Crippen LogP contribution is 2.16. The number of piperidine rings is 1. The van der Waals surface area contributed by atoms with Gasteiger partial charge in [-0.25, -0.2) is 0 Å². The molecule has 2 saturated heterocycles. The van der Waals surface area contributed by atoms with E-state index in [2.05, 4.69) is 28.5 Å². The molecule has 0 bridgehead atoms. The molecule has 0 aromatic carbocycles. The van der Waals surface area contributed by atoms with E-state index in [1.807, 2.05) is 7.11 Å². The number of rotatable bonds is 7. The molecule has 0 amide bonds. The van der Waals surface area contributed by atoms with Crippen LogP contribution < -0.4 is 0 Å². The zero-order valence-corrected chi connectivity index (χ0v) is 13.0. The summed E-state index contributed by atoms with van der Waals surface area (Å²) in [6.45, 7) is 14.4. The largest absolute Gasteiger partial charge is 0.381 e. The summed E-state index contributed by atoms with van der Waals surface area (Å²) >= 11 is 0. The zero-order chi connectivity index (χ0) is 13.7. The van der Waals surface area contributed by atoms with Gasteiger partial charge in [0.05, 0.1) is 6.10 Å². The van der Waals surface area contributed by atoms with E-state index in [0.717, 1.165) is 6.04 Å². The molecule has 2 fully saturated rings. The Bertz CT molecular complexity index is 244. The lowest BCUT2D eigenvalue weighted by atomic mass is 10.1. The first-order valence-electron chi connectivity index (χ1n) is 7.98. The highest BCUT2D eigenvalue weighted by molar-refractivity contribution is 4.88. The van der Waals surface area contributed by atoms with Gasteiger partial charge in [0.25, 0.3) is 0 Å². The Hall–Kier alpha value is -0.160. The molecule has 4 nitrogen and oxygen atoms in total. The van der Waals surface area contributed by atoms with E-state index in [4.69, 9.17) is 4.74 Å². The molecule has 0 aliphatic carbocycles. The maximum Gasteiger partial charge on any atom is 0.0595 e. The van der Waals surface area contributed by atoms with Crippen LogP contribution >= 0.6 is 0 Å². The summed E-state index contributed by atoms with van der Waals surface area (Å²) in [5.74, 6) is 0. The minimum Gasteiger partial charge on any atom is -0.381 e. The van der Waals surface area contributed by atoms with Gasteiger partial charge in [-0.15, -0.1) is 0 Å². The smallest absolute Gasteiger partial charge is 0.0595 e. The Morgan fingerprint density at radius 2 is 1.58 bits per heavy atom. The highest BCUT2D eigenvalue weighted by atomic mass is 16.5. The van der Waals surface area contributed by atoms with Gasteiger partial charge < -0.3 is 9.64 Å². The van der Waals surface area contributed by atoms with Crippen molar-refractivity contribution in [3.63, 3.8) is 0 Å². The van der Waals surface area contributed by atoms with Gasteiger partial charge in [0, 0.05) is 52.4 Å². The van der Waals surface area contributed by atoms with Gasteiger partial charge in [0.15, 0.2) is 0 Å². The first kappa shape index (κ1) is 15.2. The third kappa shape index (κ3) is 4.15. The lowest BCUT2D eigenvalue weighted by Gasteiger charge is -2.45. The summed E-state index contributed by atoms with van der Waals surface area (Å²) in [6, 6.07) is 0.814. The standard InChI is InChI=1S/C15H31N3O/c1-4-18(5-2)14-12-17(13-14)11-10-16-8-6-15(19-3)7-9-16/h14-15H,4-13H2,1-3H3. The number of likely N-dealkylation sites (N-methyl/N-ethyl adjacent to an activating group) is 1. The van der Waals surface area contributed by atoms with Crippen molar-refractivity contribution in [1.82, 2.24) is 14.7 Å². The minimum atomic E-state index is 0.507. The van der Waals surface area contributed by atoms with Crippen molar-refractivity contribution in [2.24, 2.45) is 0 Å². The van der Waals surface area contributed by atoms with E-state index in [-0.39, 0.29) is 0 Å². The lowest BCUT2D eigenvalue weighted by Crippen LogP contribution is -2.60. The molecule has 19 heavy (non-hydrogen) atoms. The van der Waals surface area contributed by atoms with Crippen LogP contribution in [0.3, 0.4) is 0 Å². The predicted molar refractivity (Wildman–Crippen MR) is 79.6 cm³/mol. The lowest BCUT2D eigenvalue weighted by molar-refractivity contribution is 0.0163. The maximum atomic E-state index is 5.42. The summed E-state index contributed by atoms with van der Waals surface area (Å²) < 4.78 is 5.42. The van der Waals surface area contributed by atoms with Crippen molar-refractivity contribution in [3.05, 3.63) is 0 Å². The molecule has 2 rings (SSSR count). The van der Waals surface area contributed by atoms with Crippen molar-refractivity contribution in [2.75, 3.05) is 59.5 Å². The van der Waals surface area contributed by atoms with Crippen LogP contribution in [0.25, 0.3) is 0 Å². The average molecular weight is 269 g/mol. The van der Waals surface area contributed by atoms with Crippen LogP contribution in [0.2, 0.25) is 0 Å². The van der Waals surface area contributed by atoms with Crippen molar-refractivity contribution in [3.8, 4) is 0 Å². The van der Waals surface area contributed by atoms with Crippen LogP contribution in [0, 0.1) is 0 Å². The number of ether oxygens (including phenoxy) is 1. The minimum absolute atomic E-state index is 0.507. The molecule has 4 heteroatoms. The van der Waals surface area contributed by atoms with E-state index in [1.54, 1.807) is 0 Å². The Morgan fingerprint density at radius 3 is 2.11 bits per heavy atom. The fourth-order valence-electron chi connectivity index (χ4n) is 3.35. The molecule has 112 valence electrons. The Labute approximate surface area is 118 Å². The molecule has 0 aromatic rings. The molecule has 2 heterocycles. The Balaban J connectivity index is 1.56. The molecule has 0 N–H and O–H groups in total. The van der Waals surface area contributed by atoms with Crippen LogP contribution in [0.15, 0.2) is 0 Å². The van der Waals surface area contributed by atoms with Crippen molar-refractivity contribution in [1.29, 1.82) is 0 Å². The number of methoxy groups -OCH3 is 1. The number of hydrogen-bond acceptors (Lipinski definition) is 4. The predicted octanol–water partition coefficient (Wildman–Crippen LogP) is 1.12. The molecule has 2 aliphatic rings. The van der Waals surface area contributed by atoms with Crippen LogP contribution in [0.5, 0.6) is 0 Å². The van der Waals surface area contributed by atoms with Gasteiger partial charge in [-0.05, 0) is 25.9 Å². The van der Waals surface area contributed by atoms with Gasteiger partial charge in [-0.1, -0.05) is 13.8 Å². The summed E-state index contributed by atoms with van der Waals surface area (Å²) in [6.07, 6.45) is 2.92. The summed E-state index contributed by atoms with van der Waals surface area (Å²) in [5.41, 5.74) is 0. The number of hydrogen-bond donors (Lipinski definition) is 0. The average Bonchev–Trinajstić information content (AvgIpc) is 2.42. The second-order valence-corrected chi connectivity index (χ2v) is 5.91. The molecule has 0 spiro atoms. The van der Waals surface area contributed by atoms with E-state index >= 15 is 0 Å². The SMILES string of the molecule is CCN(CC)C1CN(CCN2CCC(OC)CC2)C1. The summed E-state index contributed by atoms with van der Waals surface area (Å²) in [4.78, 5) is 7.78. The molecule has 0 radical (unpaired) electrons. The third-order valence-electron chi connectivity index (χ3n) is 4.87. The number of likely N-dealkylation sites (tertiary alicyclic amines) is 2. The summed E-state index contributed by atoms with van der Waals surface area (Å²) in [5, 5.41) is 0. The normalized spacial score (nSPS) is 24.0.